The number of nitrogens with zero attached hydrogens (tertiary/aromatic N) is 2. The Bertz CT molecular complexity index is 1290. The minimum atomic E-state index is -0.351. The van der Waals surface area contributed by atoms with Crippen molar-refractivity contribution in [3.8, 4) is 17.0 Å². The normalized spacial score (nSPS) is 11.0. The van der Waals surface area contributed by atoms with Crippen LogP contribution in [0.15, 0.2) is 48.5 Å². The summed E-state index contributed by atoms with van der Waals surface area (Å²) >= 11 is 1.35. The molecule has 0 aliphatic carbocycles. The first-order valence-corrected chi connectivity index (χ1v) is 10.4. The average Bonchev–Trinajstić information content (AvgIpc) is 3.28. The number of carbonyl (C=O) groups is 2. The first-order valence-electron chi connectivity index (χ1n) is 9.57. The van der Waals surface area contributed by atoms with Gasteiger partial charge in [-0.1, -0.05) is 11.3 Å². The lowest BCUT2D eigenvalue weighted by Crippen LogP contribution is -2.20. The number of fused-ring (bicyclic) bond motifs is 1. The van der Waals surface area contributed by atoms with Crippen molar-refractivity contribution in [2.45, 2.75) is 20.4 Å². The van der Waals surface area contributed by atoms with Gasteiger partial charge in [0.1, 0.15) is 18.1 Å². The van der Waals surface area contributed by atoms with Crippen molar-refractivity contribution >= 4 is 38.4 Å². The summed E-state index contributed by atoms with van der Waals surface area (Å²) in [7, 11) is 1.60. The van der Waals surface area contributed by atoms with Gasteiger partial charge in [-0.2, -0.15) is 0 Å². The molecule has 6 nitrogen and oxygen atoms in total. The van der Waals surface area contributed by atoms with Gasteiger partial charge < -0.3 is 14.6 Å². The smallest absolute Gasteiger partial charge is 0.246 e. The fourth-order valence-electron chi connectivity index (χ4n) is 3.45. The quantitative estimate of drug-likeness (QED) is 0.428. The van der Waals surface area contributed by atoms with Gasteiger partial charge in [0.25, 0.3) is 0 Å². The molecule has 0 fully saturated rings. The predicted molar refractivity (Wildman–Crippen MR) is 119 cm³/mol. The molecule has 31 heavy (non-hydrogen) atoms. The highest BCUT2D eigenvalue weighted by Gasteiger charge is 2.19. The second kappa shape index (κ2) is 8.31. The summed E-state index contributed by atoms with van der Waals surface area (Å²) in [4.78, 5) is 29.3. The lowest BCUT2D eigenvalue weighted by molar-refractivity contribution is -0.116. The standard InChI is InChI=1S/C23H20FN3O3S/c1-13-18(14(2)28)11-20(15-4-6-16(24)7-5-15)27(13)12-22(29)26-23-25-19-9-8-17(30-3)10-21(19)31-23/h4-11H,12H2,1-3H3,(H,25,26,29). The third kappa shape index (κ3) is 4.20. The molecule has 2 aromatic carbocycles. The van der Waals surface area contributed by atoms with Crippen molar-refractivity contribution in [1.82, 2.24) is 9.55 Å². The van der Waals surface area contributed by atoms with Gasteiger partial charge in [0.05, 0.1) is 17.3 Å². The molecule has 0 saturated heterocycles. The van der Waals surface area contributed by atoms with Gasteiger partial charge in [0.15, 0.2) is 10.9 Å². The number of rotatable bonds is 6. The molecule has 0 radical (unpaired) electrons. The second-order valence-electron chi connectivity index (χ2n) is 7.08. The number of carbonyl (C=O) groups excluding carboxylic acids is 2. The first kappa shape index (κ1) is 20.7. The zero-order valence-corrected chi connectivity index (χ0v) is 18.0. The van der Waals surface area contributed by atoms with Crippen LogP contribution in [0.2, 0.25) is 0 Å². The Kier molecular flexibility index (Phi) is 5.56. The maximum absolute atomic E-state index is 13.4. The molecule has 0 unspecified atom stereocenters. The van der Waals surface area contributed by atoms with E-state index in [-0.39, 0.29) is 24.1 Å². The second-order valence-corrected chi connectivity index (χ2v) is 8.11. The molecule has 4 aromatic rings. The third-order valence-corrected chi connectivity index (χ3v) is 5.96. The van der Waals surface area contributed by atoms with E-state index in [2.05, 4.69) is 10.3 Å². The molecule has 0 aliphatic rings. The molecular formula is C23H20FN3O3S. The minimum absolute atomic E-state index is 0.00886. The Hall–Kier alpha value is -3.52. The Morgan fingerprint density at radius 1 is 1.16 bits per heavy atom. The van der Waals surface area contributed by atoms with Crippen LogP contribution in [0.3, 0.4) is 0 Å². The van der Waals surface area contributed by atoms with Gasteiger partial charge in [-0.15, -0.1) is 0 Å². The summed E-state index contributed by atoms with van der Waals surface area (Å²) in [5.74, 6) is -0.00315. The molecule has 0 bridgehead atoms. The number of thiazole rings is 1. The van der Waals surface area contributed by atoms with Crippen molar-refractivity contribution in [1.29, 1.82) is 0 Å². The van der Waals surface area contributed by atoms with Crippen LogP contribution in [-0.2, 0) is 11.3 Å². The van der Waals surface area contributed by atoms with Crippen molar-refractivity contribution < 1.29 is 18.7 Å². The number of methoxy groups -OCH3 is 1. The van der Waals surface area contributed by atoms with Crippen molar-refractivity contribution in [3.05, 3.63) is 65.6 Å². The van der Waals surface area contributed by atoms with E-state index in [1.165, 1.54) is 30.4 Å². The van der Waals surface area contributed by atoms with Crippen LogP contribution in [0, 0.1) is 12.7 Å². The van der Waals surface area contributed by atoms with Crippen LogP contribution < -0.4 is 10.1 Å². The molecule has 2 aromatic heterocycles. The number of ether oxygens (including phenoxy) is 1. The maximum Gasteiger partial charge on any atom is 0.246 e. The van der Waals surface area contributed by atoms with Crippen LogP contribution in [0.25, 0.3) is 21.5 Å². The van der Waals surface area contributed by atoms with E-state index in [1.807, 2.05) is 18.2 Å². The number of amides is 1. The Labute approximate surface area is 182 Å². The SMILES string of the molecule is COc1ccc2nc(NC(=O)Cn3c(-c4ccc(F)cc4)cc(C(C)=O)c3C)sc2c1. The van der Waals surface area contributed by atoms with E-state index in [1.54, 1.807) is 36.8 Å². The minimum Gasteiger partial charge on any atom is -0.497 e. The number of hydrogen-bond donors (Lipinski definition) is 1. The molecule has 158 valence electrons. The summed E-state index contributed by atoms with van der Waals surface area (Å²) in [5.41, 5.74) is 3.36. The molecule has 0 saturated carbocycles. The molecule has 1 N–H and O–H groups in total. The monoisotopic (exact) mass is 437 g/mol. The maximum atomic E-state index is 13.4. The summed E-state index contributed by atoms with van der Waals surface area (Å²) in [5, 5.41) is 3.31. The largest absolute Gasteiger partial charge is 0.497 e. The van der Waals surface area contributed by atoms with Crippen LogP contribution in [-0.4, -0.2) is 28.4 Å². The zero-order valence-electron chi connectivity index (χ0n) is 17.2. The lowest BCUT2D eigenvalue weighted by atomic mass is 10.1. The molecule has 0 atom stereocenters. The number of benzene rings is 2. The summed E-state index contributed by atoms with van der Waals surface area (Å²) < 4.78 is 21.3. The van der Waals surface area contributed by atoms with E-state index >= 15 is 0 Å². The highest BCUT2D eigenvalue weighted by molar-refractivity contribution is 7.22. The Morgan fingerprint density at radius 2 is 1.90 bits per heavy atom. The highest BCUT2D eigenvalue weighted by atomic mass is 32.1. The lowest BCUT2D eigenvalue weighted by Gasteiger charge is -2.11. The fraction of sp³-hybridized carbons (Fsp3) is 0.174. The number of anilines is 1. The highest BCUT2D eigenvalue weighted by Crippen LogP contribution is 2.30. The number of nitrogens with one attached hydrogen (secondary N) is 1. The predicted octanol–water partition coefficient (Wildman–Crippen LogP) is 5.06. The molecule has 0 aliphatic heterocycles. The molecule has 4 rings (SSSR count). The van der Waals surface area contributed by atoms with Gasteiger partial charge in [-0.05, 0) is 67.9 Å². The van der Waals surface area contributed by atoms with Crippen molar-refractivity contribution in [3.63, 3.8) is 0 Å². The van der Waals surface area contributed by atoms with Crippen molar-refractivity contribution in [2.75, 3.05) is 12.4 Å². The van der Waals surface area contributed by atoms with Gasteiger partial charge >= 0.3 is 0 Å². The third-order valence-electron chi connectivity index (χ3n) is 5.03. The van der Waals surface area contributed by atoms with E-state index in [4.69, 9.17) is 4.74 Å². The molecule has 0 spiro atoms. The number of ketones is 1. The van der Waals surface area contributed by atoms with Crippen LogP contribution >= 0.6 is 11.3 Å². The summed E-state index contributed by atoms with van der Waals surface area (Å²) in [6.07, 6.45) is 0. The first-order chi connectivity index (χ1) is 14.9. The van der Waals surface area contributed by atoms with E-state index in [0.29, 0.717) is 22.1 Å². The average molecular weight is 437 g/mol. The molecular weight excluding hydrogens is 417 g/mol. The van der Waals surface area contributed by atoms with Crippen LogP contribution in [0.5, 0.6) is 5.75 Å². The van der Waals surface area contributed by atoms with Gasteiger partial charge in [0, 0.05) is 17.0 Å². The van der Waals surface area contributed by atoms with Gasteiger partial charge in [0.2, 0.25) is 5.91 Å². The topological polar surface area (TPSA) is 73.2 Å². The molecule has 1 amide bonds. The van der Waals surface area contributed by atoms with Gasteiger partial charge in [-0.25, -0.2) is 9.37 Å². The van der Waals surface area contributed by atoms with Gasteiger partial charge in [-0.3, -0.25) is 9.59 Å². The number of aromatic nitrogens is 2. The number of halogens is 1. The molecule has 2 heterocycles. The number of Topliss-reactive ketones (excluding diaryl/α,β-unsaturated/α-hetero) is 1. The zero-order chi connectivity index (χ0) is 22.1. The van der Waals surface area contributed by atoms with Crippen LogP contribution in [0.1, 0.15) is 23.0 Å². The Morgan fingerprint density at radius 3 is 2.58 bits per heavy atom. The summed E-state index contributed by atoms with van der Waals surface area (Å²) in [6.45, 7) is 3.27. The summed E-state index contributed by atoms with van der Waals surface area (Å²) in [6, 6.07) is 13.2. The van der Waals surface area contributed by atoms with Crippen molar-refractivity contribution in [2.24, 2.45) is 0 Å². The Balaban J connectivity index is 1.63. The fourth-order valence-corrected chi connectivity index (χ4v) is 4.36. The van der Waals surface area contributed by atoms with E-state index < -0.39 is 0 Å². The number of hydrogen-bond acceptors (Lipinski definition) is 5. The van der Waals surface area contributed by atoms with E-state index in [9.17, 15) is 14.0 Å². The van der Waals surface area contributed by atoms with Crippen LogP contribution in [0.4, 0.5) is 9.52 Å². The molecule has 8 heteroatoms. The van der Waals surface area contributed by atoms with E-state index in [0.717, 1.165) is 21.5 Å².